The van der Waals surface area contributed by atoms with Crippen LogP contribution in [0.25, 0.3) is 0 Å². The number of nitrogens with zero attached hydrogens (tertiary/aromatic N) is 1. The van der Waals surface area contributed by atoms with Gasteiger partial charge in [0, 0.05) is 12.1 Å². The topological polar surface area (TPSA) is 20.3 Å². The Kier molecular flexibility index (Phi) is 1.40. The van der Waals surface area contributed by atoms with Gasteiger partial charge in [-0.05, 0) is 32.1 Å². The second-order valence-electron chi connectivity index (χ2n) is 3.37. The lowest BCUT2D eigenvalue weighted by molar-refractivity contribution is -0.122. The molecular weight excluding hydrogens is 126 g/mol. The average Bonchev–Trinajstić information content (AvgIpc) is 2.58. The van der Waals surface area contributed by atoms with Crippen molar-refractivity contribution in [2.75, 3.05) is 0 Å². The van der Waals surface area contributed by atoms with E-state index in [9.17, 15) is 4.79 Å². The highest BCUT2D eigenvalue weighted by Gasteiger charge is 2.35. The SMILES string of the molecule is O=CN(C1CCC1)C1CC1. The van der Waals surface area contributed by atoms with Crippen molar-refractivity contribution in [1.29, 1.82) is 0 Å². The molecule has 2 saturated carbocycles. The molecule has 0 radical (unpaired) electrons. The summed E-state index contributed by atoms with van der Waals surface area (Å²) in [5.74, 6) is 0. The summed E-state index contributed by atoms with van der Waals surface area (Å²) in [7, 11) is 0. The molecule has 0 aromatic heterocycles. The van der Waals surface area contributed by atoms with Gasteiger partial charge in [0.25, 0.3) is 0 Å². The van der Waals surface area contributed by atoms with Crippen molar-refractivity contribution in [3.8, 4) is 0 Å². The zero-order chi connectivity index (χ0) is 6.97. The van der Waals surface area contributed by atoms with Crippen LogP contribution in [0.3, 0.4) is 0 Å². The molecule has 1 amide bonds. The molecule has 2 rings (SSSR count). The predicted octanol–water partition coefficient (Wildman–Crippen LogP) is 1.16. The highest BCUT2D eigenvalue weighted by atomic mass is 16.1. The normalized spacial score (nSPS) is 25.6. The summed E-state index contributed by atoms with van der Waals surface area (Å²) < 4.78 is 0. The second-order valence-corrected chi connectivity index (χ2v) is 3.37. The Hall–Kier alpha value is -0.530. The largest absolute Gasteiger partial charge is 0.339 e. The lowest BCUT2D eigenvalue weighted by Gasteiger charge is -2.34. The maximum atomic E-state index is 10.5. The lowest BCUT2D eigenvalue weighted by Crippen LogP contribution is -2.40. The van der Waals surface area contributed by atoms with Crippen LogP contribution in [-0.4, -0.2) is 23.4 Å². The number of hydrogen-bond acceptors (Lipinski definition) is 1. The fourth-order valence-corrected chi connectivity index (χ4v) is 1.53. The van der Waals surface area contributed by atoms with Crippen molar-refractivity contribution in [3.63, 3.8) is 0 Å². The molecule has 2 nitrogen and oxygen atoms in total. The van der Waals surface area contributed by atoms with E-state index in [4.69, 9.17) is 0 Å². The number of rotatable bonds is 3. The highest BCUT2D eigenvalue weighted by molar-refractivity contribution is 5.49. The first-order valence-corrected chi connectivity index (χ1v) is 4.14. The van der Waals surface area contributed by atoms with Gasteiger partial charge in [0.05, 0.1) is 0 Å². The van der Waals surface area contributed by atoms with Gasteiger partial charge in [-0.25, -0.2) is 0 Å². The second kappa shape index (κ2) is 2.26. The molecule has 0 aromatic carbocycles. The first kappa shape index (κ1) is 6.20. The highest BCUT2D eigenvalue weighted by Crippen LogP contribution is 2.33. The van der Waals surface area contributed by atoms with Crippen LogP contribution in [-0.2, 0) is 4.79 Å². The fourth-order valence-electron chi connectivity index (χ4n) is 1.53. The van der Waals surface area contributed by atoms with Crippen LogP contribution in [0.2, 0.25) is 0 Å². The van der Waals surface area contributed by atoms with E-state index >= 15 is 0 Å². The molecule has 0 aliphatic heterocycles. The van der Waals surface area contributed by atoms with Crippen LogP contribution in [0.1, 0.15) is 32.1 Å². The summed E-state index contributed by atoms with van der Waals surface area (Å²) >= 11 is 0. The summed E-state index contributed by atoms with van der Waals surface area (Å²) in [5, 5.41) is 0. The van der Waals surface area contributed by atoms with Gasteiger partial charge >= 0.3 is 0 Å². The van der Waals surface area contributed by atoms with E-state index in [1.54, 1.807) is 0 Å². The fraction of sp³-hybridized carbons (Fsp3) is 0.875. The van der Waals surface area contributed by atoms with E-state index in [0.717, 1.165) is 6.41 Å². The summed E-state index contributed by atoms with van der Waals surface area (Å²) in [4.78, 5) is 12.6. The van der Waals surface area contributed by atoms with Gasteiger partial charge in [-0.2, -0.15) is 0 Å². The third-order valence-corrected chi connectivity index (χ3v) is 2.59. The van der Waals surface area contributed by atoms with E-state index in [2.05, 4.69) is 0 Å². The molecule has 0 atom stereocenters. The van der Waals surface area contributed by atoms with Crippen molar-refractivity contribution >= 4 is 6.41 Å². The monoisotopic (exact) mass is 139 g/mol. The van der Waals surface area contributed by atoms with Crippen LogP contribution in [0, 0.1) is 0 Å². The lowest BCUT2D eigenvalue weighted by atomic mass is 9.92. The van der Waals surface area contributed by atoms with Crippen molar-refractivity contribution in [3.05, 3.63) is 0 Å². The molecular formula is C8H13NO. The Balaban J connectivity index is 1.89. The number of carbonyl (C=O) groups excluding carboxylic acids is 1. The molecule has 2 fully saturated rings. The summed E-state index contributed by atoms with van der Waals surface area (Å²) in [5.41, 5.74) is 0. The molecule has 56 valence electrons. The molecule has 2 heteroatoms. The van der Waals surface area contributed by atoms with Crippen LogP contribution in [0.4, 0.5) is 0 Å². The Labute approximate surface area is 61.2 Å². The van der Waals surface area contributed by atoms with Gasteiger partial charge in [-0.1, -0.05) is 0 Å². The number of amides is 1. The minimum atomic E-state index is 0.616. The standard InChI is InChI=1S/C8H13NO/c10-6-9(8-4-5-8)7-2-1-3-7/h6-8H,1-5H2. The Morgan fingerprint density at radius 1 is 1.10 bits per heavy atom. The van der Waals surface area contributed by atoms with Gasteiger partial charge in [0.2, 0.25) is 6.41 Å². The van der Waals surface area contributed by atoms with E-state index in [1.807, 2.05) is 4.90 Å². The molecule has 2 aliphatic rings. The molecule has 0 spiro atoms. The summed E-state index contributed by atoms with van der Waals surface area (Å²) in [6, 6.07) is 1.24. The van der Waals surface area contributed by atoms with Gasteiger partial charge < -0.3 is 4.90 Å². The average molecular weight is 139 g/mol. The van der Waals surface area contributed by atoms with Crippen LogP contribution in [0.5, 0.6) is 0 Å². The first-order chi connectivity index (χ1) is 4.92. The maximum Gasteiger partial charge on any atom is 0.210 e. The van der Waals surface area contributed by atoms with Gasteiger partial charge in [0.1, 0.15) is 0 Å². The van der Waals surface area contributed by atoms with Crippen molar-refractivity contribution in [1.82, 2.24) is 4.90 Å². The number of hydrogen-bond donors (Lipinski definition) is 0. The van der Waals surface area contributed by atoms with E-state index in [0.29, 0.717) is 12.1 Å². The van der Waals surface area contributed by atoms with Crippen molar-refractivity contribution < 1.29 is 4.79 Å². The maximum absolute atomic E-state index is 10.5. The molecule has 0 unspecified atom stereocenters. The first-order valence-electron chi connectivity index (χ1n) is 4.14. The quantitative estimate of drug-likeness (QED) is 0.537. The van der Waals surface area contributed by atoms with E-state index < -0.39 is 0 Å². The molecule has 0 bridgehead atoms. The van der Waals surface area contributed by atoms with Gasteiger partial charge in [-0.15, -0.1) is 0 Å². The predicted molar refractivity (Wildman–Crippen MR) is 38.6 cm³/mol. The molecule has 0 N–H and O–H groups in total. The Morgan fingerprint density at radius 2 is 1.70 bits per heavy atom. The number of carbonyl (C=O) groups is 1. The third-order valence-electron chi connectivity index (χ3n) is 2.59. The minimum absolute atomic E-state index is 0.616. The van der Waals surface area contributed by atoms with Gasteiger partial charge in [0.15, 0.2) is 0 Å². The molecule has 0 aromatic rings. The molecule has 0 heterocycles. The Bertz CT molecular complexity index is 138. The van der Waals surface area contributed by atoms with Crippen LogP contribution >= 0.6 is 0 Å². The smallest absolute Gasteiger partial charge is 0.210 e. The van der Waals surface area contributed by atoms with E-state index in [1.165, 1.54) is 32.1 Å². The van der Waals surface area contributed by atoms with Crippen molar-refractivity contribution in [2.45, 2.75) is 44.2 Å². The zero-order valence-electron chi connectivity index (χ0n) is 6.12. The van der Waals surface area contributed by atoms with Crippen LogP contribution in [0.15, 0.2) is 0 Å². The van der Waals surface area contributed by atoms with E-state index in [-0.39, 0.29) is 0 Å². The zero-order valence-corrected chi connectivity index (χ0v) is 6.12. The molecule has 10 heavy (non-hydrogen) atoms. The minimum Gasteiger partial charge on any atom is -0.339 e. The van der Waals surface area contributed by atoms with Crippen LogP contribution < -0.4 is 0 Å². The third kappa shape index (κ3) is 0.917. The Morgan fingerprint density at radius 3 is 2.00 bits per heavy atom. The van der Waals surface area contributed by atoms with Crippen molar-refractivity contribution in [2.24, 2.45) is 0 Å². The molecule has 2 aliphatic carbocycles. The summed E-state index contributed by atoms with van der Waals surface area (Å²) in [6.07, 6.45) is 7.35. The summed E-state index contributed by atoms with van der Waals surface area (Å²) in [6.45, 7) is 0. The van der Waals surface area contributed by atoms with Gasteiger partial charge in [-0.3, -0.25) is 4.79 Å². The molecule has 0 saturated heterocycles.